The van der Waals surface area contributed by atoms with Crippen LogP contribution in [0.25, 0.3) is 0 Å². The molecule has 15 heavy (non-hydrogen) atoms. The Morgan fingerprint density at radius 3 is 2.53 bits per heavy atom. The SMILES string of the molecule is CCOC(=O)[C@@H](N)Cc1ccc(C)cc1. The number of nitrogens with two attached hydrogens (primary N) is 1. The van der Waals surface area contributed by atoms with Gasteiger partial charge in [0, 0.05) is 0 Å². The van der Waals surface area contributed by atoms with Gasteiger partial charge in [0.1, 0.15) is 6.04 Å². The number of benzene rings is 1. The first kappa shape index (κ1) is 11.7. The van der Waals surface area contributed by atoms with E-state index in [4.69, 9.17) is 10.5 Å². The summed E-state index contributed by atoms with van der Waals surface area (Å²) in [5.41, 5.74) is 7.95. The molecule has 0 aromatic heterocycles. The fourth-order valence-electron chi connectivity index (χ4n) is 1.31. The first-order valence-electron chi connectivity index (χ1n) is 5.11. The summed E-state index contributed by atoms with van der Waals surface area (Å²) in [5.74, 6) is -0.335. The Balaban J connectivity index is 2.54. The van der Waals surface area contributed by atoms with E-state index in [-0.39, 0.29) is 5.97 Å². The van der Waals surface area contributed by atoms with E-state index >= 15 is 0 Å². The maximum atomic E-state index is 11.3. The molecule has 0 aliphatic rings. The predicted molar refractivity (Wildman–Crippen MR) is 59.5 cm³/mol. The fourth-order valence-corrected chi connectivity index (χ4v) is 1.31. The molecule has 0 spiro atoms. The number of carbonyl (C=O) groups is 1. The molecule has 0 bridgehead atoms. The summed E-state index contributed by atoms with van der Waals surface area (Å²) < 4.78 is 4.84. The van der Waals surface area contributed by atoms with Crippen molar-refractivity contribution in [1.29, 1.82) is 0 Å². The average molecular weight is 207 g/mol. The van der Waals surface area contributed by atoms with Gasteiger partial charge in [-0.3, -0.25) is 4.79 Å². The van der Waals surface area contributed by atoms with Gasteiger partial charge in [0.2, 0.25) is 0 Å². The number of aryl methyl sites for hydroxylation is 1. The van der Waals surface area contributed by atoms with Gasteiger partial charge in [-0.05, 0) is 25.8 Å². The molecule has 0 fully saturated rings. The number of carbonyl (C=O) groups excluding carboxylic acids is 1. The van der Waals surface area contributed by atoms with Crippen molar-refractivity contribution in [3.63, 3.8) is 0 Å². The summed E-state index contributed by atoms with van der Waals surface area (Å²) in [6.07, 6.45) is 0.527. The summed E-state index contributed by atoms with van der Waals surface area (Å²) >= 11 is 0. The number of hydrogen-bond acceptors (Lipinski definition) is 3. The van der Waals surface area contributed by atoms with Crippen LogP contribution >= 0.6 is 0 Å². The second-order valence-corrected chi connectivity index (χ2v) is 3.55. The van der Waals surface area contributed by atoms with E-state index in [2.05, 4.69) is 0 Å². The highest BCUT2D eigenvalue weighted by molar-refractivity contribution is 5.75. The highest BCUT2D eigenvalue weighted by Crippen LogP contribution is 2.05. The van der Waals surface area contributed by atoms with Crippen LogP contribution in [0.1, 0.15) is 18.1 Å². The van der Waals surface area contributed by atoms with E-state index in [0.717, 1.165) is 5.56 Å². The monoisotopic (exact) mass is 207 g/mol. The van der Waals surface area contributed by atoms with Crippen molar-refractivity contribution in [2.75, 3.05) is 6.61 Å². The summed E-state index contributed by atoms with van der Waals surface area (Å²) in [5, 5.41) is 0. The average Bonchev–Trinajstić information content (AvgIpc) is 2.22. The summed E-state index contributed by atoms with van der Waals surface area (Å²) in [4.78, 5) is 11.3. The molecular formula is C12H17NO2. The van der Waals surface area contributed by atoms with Gasteiger partial charge in [-0.15, -0.1) is 0 Å². The van der Waals surface area contributed by atoms with Crippen LogP contribution in [0.2, 0.25) is 0 Å². The molecule has 0 unspecified atom stereocenters. The van der Waals surface area contributed by atoms with Gasteiger partial charge in [0.25, 0.3) is 0 Å². The molecule has 0 amide bonds. The minimum atomic E-state index is -0.562. The van der Waals surface area contributed by atoms with Crippen LogP contribution in [0.5, 0.6) is 0 Å². The van der Waals surface area contributed by atoms with Crippen LogP contribution in [0.4, 0.5) is 0 Å². The van der Waals surface area contributed by atoms with Crippen molar-refractivity contribution in [2.24, 2.45) is 5.73 Å². The molecule has 0 aliphatic heterocycles. The van der Waals surface area contributed by atoms with Crippen molar-refractivity contribution in [1.82, 2.24) is 0 Å². The molecule has 0 saturated carbocycles. The van der Waals surface area contributed by atoms with E-state index in [1.165, 1.54) is 5.56 Å². The van der Waals surface area contributed by atoms with Gasteiger partial charge in [-0.2, -0.15) is 0 Å². The first-order chi connectivity index (χ1) is 7.13. The van der Waals surface area contributed by atoms with E-state index in [1.54, 1.807) is 6.92 Å². The van der Waals surface area contributed by atoms with Gasteiger partial charge in [-0.1, -0.05) is 29.8 Å². The van der Waals surface area contributed by atoms with Crippen molar-refractivity contribution >= 4 is 5.97 Å². The lowest BCUT2D eigenvalue weighted by Crippen LogP contribution is -2.34. The molecule has 1 aromatic carbocycles. The lowest BCUT2D eigenvalue weighted by Gasteiger charge is -2.10. The third-order valence-corrected chi connectivity index (χ3v) is 2.17. The van der Waals surface area contributed by atoms with Crippen LogP contribution < -0.4 is 5.73 Å². The molecule has 82 valence electrons. The molecule has 0 aliphatic carbocycles. The van der Waals surface area contributed by atoms with Gasteiger partial charge >= 0.3 is 5.97 Å². The topological polar surface area (TPSA) is 52.3 Å². The lowest BCUT2D eigenvalue weighted by atomic mass is 10.1. The van der Waals surface area contributed by atoms with E-state index in [9.17, 15) is 4.79 Å². The highest BCUT2D eigenvalue weighted by atomic mass is 16.5. The Labute approximate surface area is 90.2 Å². The third-order valence-electron chi connectivity index (χ3n) is 2.17. The summed E-state index contributed by atoms with van der Waals surface area (Å²) in [6.45, 7) is 4.17. The second-order valence-electron chi connectivity index (χ2n) is 3.55. The maximum Gasteiger partial charge on any atom is 0.323 e. The molecule has 2 N–H and O–H groups in total. The highest BCUT2D eigenvalue weighted by Gasteiger charge is 2.14. The Kier molecular flexibility index (Phi) is 4.31. The normalized spacial score (nSPS) is 12.2. The lowest BCUT2D eigenvalue weighted by molar-refractivity contribution is -0.144. The molecule has 3 heteroatoms. The van der Waals surface area contributed by atoms with Crippen molar-refractivity contribution in [2.45, 2.75) is 26.3 Å². The largest absolute Gasteiger partial charge is 0.465 e. The van der Waals surface area contributed by atoms with Gasteiger partial charge in [0.15, 0.2) is 0 Å². The van der Waals surface area contributed by atoms with Crippen molar-refractivity contribution < 1.29 is 9.53 Å². The number of esters is 1. The molecule has 1 rings (SSSR count). The van der Waals surface area contributed by atoms with E-state index in [1.807, 2.05) is 31.2 Å². The van der Waals surface area contributed by atoms with Crippen LogP contribution in [-0.2, 0) is 16.0 Å². The Morgan fingerprint density at radius 1 is 1.40 bits per heavy atom. The van der Waals surface area contributed by atoms with Crippen molar-refractivity contribution in [3.8, 4) is 0 Å². The number of ether oxygens (including phenoxy) is 1. The van der Waals surface area contributed by atoms with Crippen molar-refractivity contribution in [3.05, 3.63) is 35.4 Å². The summed E-state index contributed by atoms with van der Waals surface area (Å²) in [6, 6.07) is 7.41. The van der Waals surface area contributed by atoms with Gasteiger partial charge in [-0.25, -0.2) is 0 Å². The van der Waals surface area contributed by atoms with Gasteiger partial charge in [0.05, 0.1) is 6.61 Å². The predicted octanol–water partition coefficient (Wildman–Crippen LogP) is 1.43. The first-order valence-corrected chi connectivity index (χ1v) is 5.11. The molecule has 1 aromatic rings. The third kappa shape index (κ3) is 3.72. The minimum Gasteiger partial charge on any atom is -0.465 e. The molecule has 0 saturated heterocycles. The molecular weight excluding hydrogens is 190 g/mol. The number of hydrogen-bond donors (Lipinski definition) is 1. The fraction of sp³-hybridized carbons (Fsp3) is 0.417. The van der Waals surface area contributed by atoms with E-state index in [0.29, 0.717) is 13.0 Å². The maximum absolute atomic E-state index is 11.3. The molecule has 3 nitrogen and oxygen atoms in total. The zero-order valence-corrected chi connectivity index (χ0v) is 9.19. The van der Waals surface area contributed by atoms with Crippen LogP contribution in [-0.4, -0.2) is 18.6 Å². The van der Waals surface area contributed by atoms with Crippen LogP contribution in [0, 0.1) is 6.92 Å². The zero-order chi connectivity index (χ0) is 11.3. The Hall–Kier alpha value is -1.35. The van der Waals surface area contributed by atoms with Crippen LogP contribution in [0.3, 0.4) is 0 Å². The second kappa shape index (κ2) is 5.51. The summed E-state index contributed by atoms with van der Waals surface area (Å²) in [7, 11) is 0. The number of rotatable bonds is 4. The van der Waals surface area contributed by atoms with E-state index < -0.39 is 6.04 Å². The minimum absolute atomic E-state index is 0.335. The molecule has 1 atom stereocenters. The molecule has 0 radical (unpaired) electrons. The van der Waals surface area contributed by atoms with Crippen LogP contribution in [0.15, 0.2) is 24.3 Å². The molecule has 0 heterocycles. The Morgan fingerprint density at radius 2 is 2.00 bits per heavy atom. The zero-order valence-electron chi connectivity index (χ0n) is 9.19. The van der Waals surface area contributed by atoms with Gasteiger partial charge < -0.3 is 10.5 Å². The standard InChI is InChI=1S/C12H17NO2/c1-3-15-12(14)11(13)8-10-6-4-9(2)5-7-10/h4-7,11H,3,8,13H2,1-2H3/t11-/m0/s1. The smallest absolute Gasteiger partial charge is 0.323 e. The quantitative estimate of drug-likeness (QED) is 0.760. The Bertz CT molecular complexity index is 319.